The van der Waals surface area contributed by atoms with Crippen LogP contribution in [0.3, 0.4) is 0 Å². The van der Waals surface area contributed by atoms with Crippen molar-refractivity contribution < 1.29 is 9.90 Å². The highest BCUT2D eigenvalue weighted by Gasteiger charge is 2.08. The maximum Gasteiger partial charge on any atom is 0.255 e. The van der Waals surface area contributed by atoms with Crippen molar-refractivity contribution in [3.63, 3.8) is 0 Å². The SMILES string of the molecule is Cc1nc(SCC(N)=O)[nH]c(=O)c1CCO. The number of nitrogens with zero attached hydrogens (tertiary/aromatic N) is 1. The minimum atomic E-state index is -0.468. The number of carbonyl (C=O) groups is 1. The van der Waals surface area contributed by atoms with E-state index in [-0.39, 0.29) is 24.3 Å². The topological polar surface area (TPSA) is 109 Å². The number of carbonyl (C=O) groups excluding carboxylic acids is 1. The van der Waals surface area contributed by atoms with Crippen molar-refractivity contribution in [2.45, 2.75) is 18.5 Å². The predicted molar refractivity (Wildman–Crippen MR) is 60.3 cm³/mol. The van der Waals surface area contributed by atoms with E-state index in [1.165, 1.54) is 0 Å². The lowest BCUT2D eigenvalue weighted by Gasteiger charge is -2.04. The highest BCUT2D eigenvalue weighted by Crippen LogP contribution is 2.11. The van der Waals surface area contributed by atoms with Crippen molar-refractivity contribution in [3.8, 4) is 0 Å². The first-order valence-electron chi connectivity index (χ1n) is 4.66. The smallest absolute Gasteiger partial charge is 0.255 e. The summed E-state index contributed by atoms with van der Waals surface area (Å²) in [5.74, 6) is -0.397. The molecule has 0 unspecified atom stereocenters. The third-order valence-corrected chi connectivity index (χ3v) is 2.81. The second-order valence-corrected chi connectivity index (χ2v) is 4.13. The summed E-state index contributed by atoms with van der Waals surface area (Å²) < 4.78 is 0. The summed E-state index contributed by atoms with van der Waals surface area (Å²) in [6.07, 6.45) is 0.273. The molecule has 0 atom stereocenters. The Morgan fingerprint density at radius 2 is 2.31 bits per heavy atom. The maximum atomic E-state index is 11.6. The van der Waals surface area contributed by atoms with Crippen LogP contribution in [0.1, 0.15) is 11.3 Å². The summed E-state index contributed by atoms with van der Waals surface area (Å²) in [4.78, 5) is 28.8. The number of aromatic amines is 1. The summed E-state index contributed by atoms with van der Waals surface area (Å²) in [7, 11) is 0. The molecule has 16 heavy (non-hydrogen) atoms. The number of primary amides is 1. The molecule has 0 fully saturated rings. The zero-order valence-electron chi connectivity index (χ0n) is 8.82. The monoisotopic (exact) mass is 243 g/mol. The molecule has 0 bridgehead atoms. The molecule has 0 saturated carbocycles. The van der Waals surface area contributed by atoms with Gasteiger partial charge in [-0.2, -0.15) is 0 Å². The lowest BCUT2D eigenvalue weighted by atomic mass is 10.2. The summed E-state index contributed by atoms with van der Waals surface area (Å²) in [6.45, 7) is 1.59. The Labute approximate surface area is 96.3 Å². The predicted octanol–water partition coefficient (Wildman–Crippen LogP) is -0.809. The Morgan fingerprint density at radius 1 is 1.62 bits per heavy atom. The molecular weight excluding hydrogens is 230 g/mol. The molecule has 0 radical (unpaired) electrons. The largest absolute Gasteiger partial charge is 0.396 e. The fraction of sp³-hybridized carbons (Fsp3) is 0.444. The molecule has 1 rings (SSSR count). The molecular formula is C9H13N3O3S. The molecule has 88 valence electrons. The first-order valence-corrected chi connectivity index (χ1v) is 5.65. The van der Waals surface area contributed by atoms with Crippen molar-refractivity contribution in [1.29, 1.82) is 0 Å². The highest BCUT2D eigenvalue weighted by atomic mass is 32.2. The number of thioether (sulfide) groups is 1. The number of nitrogens with one attached hydrogen (secondary N) is 1. The quantitative estimate of drug-likeness (QED) is 0.463. The Morgan fingerprint density at radius 3 is 2.81 bits per heavy atom. The average Bonchev–Trinajstić information content (AvgIpc) is 2.20. The van der Waals surface area contributed by atoms with Gasteiger partial charge in [0.2, 0.25) is 5.91 Å². The molecule has 0 saturated heterocycles. The third-order valence-electron chi connectivity index (χ3n) is 1.91. The summed E-state index contributed by atoms with van der Waals surface area (Å²) in [5, 5.41) is 9.13. The van der Waals surface area contributed by atoms with Crippen LogP contribution in [0.25, 0.3) is 0 Å². The second-order valence-electron chi connectivity index (χ2n) is 3.16. The lowest BCUT2D eigenvalue weighted by Crippen LogP contribution is -2.19. The van der Waals surface area contributed by atoms with Gasteiger partial charge < -0.3 is 15.8 Å². The number of hydrogen-bond donors (Lipinski definition) is 3. The molecule has 0 aromatic carbocycles. The van der Waals surface area contributed by atoms with Gasteiger partial charge in [0.25, 0.3) is 5.56 Å². The number of hydrogen-bond acceptors (Lipinski definition) is 5. The van der Waals surface area contributed by atoms with E-state index in [0.717, 1.165) is 11.8 Å². The van der Waals surface area contributed by atoms with Crippen LogP contribution in [0, 0.1) is 6.92 Å². The van der Waals surface area contributed by atoms with E-state index in [9.17, 15) is 9.59 Å². The molecule has 1 amide bonds. The molecule has 6 nitrogen and oxygen atoms in total. The van der Waals surface area contributed by atoms with Crippen molar-refractivity contribution in [2.24, 2.45) is 5.73 Å². The van der Waals surface area contributed by atoms with Crippen LogP contribution in [0.5, 0.6) is 0 Å². The molecule has 7 heteroatoms. The highest BCUT2D eigenvalue weighted by molar-refractivity contribution is 7.99. The summed E-state index contributed by atoms with van der Waals surface area (Å²) in [6, 6.07) is 0. The minimum Gasteiger partial charge on any atom is -0.396 e. The van der Waals surface area contributed by atoms with E-state index >= 15 is 0 Å². The van der Waals surface area contributed by atoms with Gasteiger partial charge in [-0.15, -0.1) is 0 Å². The van der Waals surface area contributed by atoms with E-state index in [0.29, 0.717) is 16.4 Å². The fourth-order valence-corrected chi connectivity index (χ4v) is 1.84. The molecule has 0 spiro atoms. The van der Waals surface area contributed by atoms with Crippen LogP contribution >= 0.6 is 11.8 Å². The standard InChI is InChI=1S/C9H13N3O3S/c1-5-6(2-3-13)8(15)12-9(11-5)16-4-7(10)14/h13H,2-4H2,1H3,(H2,10,14)(H,11,12,15). The number of aliphatic hydroxyl groups is 1. The van der Waals surface area contributed by atoms with Gasteiger partial charge in [0.05, 0.1) is 5.75 Å². The number of rotatable bonds is 5. The number of amides is 1. The Kier molecular flexibility index (Phi) is 4.51. The van der Waals surface area contributed by atoms with Gasteiger partial charge in [-0.25, -0.2) is 4.98 Å². The molecule has 0 aliphatic heterocycles. The second kappa shape index (κ2) is 5.66. The van der Waals surface area contributed by atoms with Crippen LogP contribution in [-0.2, 0) is 11.2 Å². The molecule has 1 aromatic rings. The molecule has 4 N–H and O–H groups in total. The number of aryl methyl sites for hydroxylation is 1. The van der Waals surface area contributed by atoms with Gasteiger partial charge in [0.15, 0.2) is 5.16 Å². The van der Waals surface area contributed by atoms with E-state index in [4.69, 9.17) is 10.8 Å². The Hall–Kier alpha value is -1.34. The van der Waals surface area contributed by atoms with Gasteiger partial charge in [-0.1, -0.05) is 11.8 Å². The van der Waals surface area contributed by atoms with E-state index in [1.807, 2.05) is 0 Å². The van der Waals surface area contributed by atoms with E-state index < -0.39 is 5.91 Å². The van der Waals surface area contributed by atoms with Crippen LogP contribution in [0.15, 0.2) is 9.95 Å². The first-order chi connectivity index (χ1) is 7.54. The van der Waals surface area contributed by atoms with E-state index in [2.05, 4.69) is 9.97 Å². The van der Waals surface area contributed by atoms with Gasteiger partial charge in [0, 0.05) is 24.3 Å². The zero-order chi connectivity index (χ0) is 12.1. The van der Waals surface area contributed by atoms with Crippen LogP contribution in [0.2, 0.25) is 0 Å². The molecule has 0 aliphatic carbocycles. The number of aliphatic hydroxyl groups excluding tert-OH is 1. The number of nitrogens with two attached hydrogens (primary N) is 1. The first kappa shape index (κ1) is 12.7. The van der Waals surface area contributed by atoms with E-state index in [1.54, 1.807) is 6.92 Å². The van der Waals surface area contributed by atoms with Crippen molar-refractivity contribution >= 4 is 17.7 Å². The van der Waals surface area contributed by atoms with Crippen molar-refractivity contribution in [2.75, 3.05) is 12.4 Å². The lowest BCUT2D eigenvalue weighted by molar-refractivity contribution is -0.115. The number of aromatic nitrogens is 2. The summed E-state index contributed by atoms with van der Waals surface area (Å²) in [5.41, 5.74) is 5.72. The van der Waals surface area contributed by atoms with Crippen molar-refractivity contribution in [1.82, 2.24) is 9.97 Å². The number of H-pyrrole nitrogens is 1. The molecule has 1 heterocycles. The Balaban J connectivity index is 2.91. The van der Waals surface area contributed by atoms with Gasteiger partial charge in [0.1, 0.15) is 0 Å². The Bertz CT molecular complexity index is 444. The van der Waals surface area contributed by atoms with Crippen LogP contribution < -0.4 is 11.3 Å². The van der Waals surface area contributed by atoms with Gasteiger partial charge in [-0.05, 0) is 6.92 Å². The minimum absolute atomic E-state index is 0.0712. The average molecular weight is 243 g/mol. The van der Waals surface area contributed by atoms with Crippen molar-refractivity contribution in [3.05, 3.63) is 21.6 Å². The normalized spacial score (nSPS) is 10.4. The van der Waals surface area contributed by atoms with Crippen LogP contribution in [-0.4, -0.2) is 33.3 Å². The molecule has 1 aromatic heterocycles. The van der Waals surface area contributed by atoms with Crippen LogP contribution in [0.4, 0.5) is 0 Å². The van der Waals surface area contributed by atoms with Gasteiger partial charge >= 0.3 is 0 Å². The molecule has 0 aliphatic rings. The fourth-order valence-electron chi connectivity index (χ4n) is 1.20. The third kappa shape index (κ3) is 3.35. The summed E-state index contributed by atoms with van der Waals surface area (Å²) >= 11 is 1.08. The zero-order valence-corrected chi connectivity index (χ0v) is 9.63. The van der Waals surface area contributed by atoms with Gasteiger partial charge in [-0.3, -0.25) is 9.59 Å². The maximum absolute atomic E-state index is 11.6.